The van der Waals surface area contributed by atoms with E-state index >= 15 is 0 Å². The second kappa shape index (κ2) is 8.40. The summed E-state index contributed by atoms with van der Waals surface area (Å²) < 4.78 is 1.09. The molecule has 0 aliphatic heterocycles. The van der Waals surface area contributed by atoms with Crippen molar-refractivity contribution >= 4 is 28.8 Å². The van der Waals surface area contributed by atoms with Gasteiger partial charge in [-0.1, -0.05) is 11.6 Å². The summed E-state index contributed by atoms with van der Waals surface area (Å²) >= 11 is 7.33. The maximum Gasteiger partial charge on any atom is 0.267 e. The first kappa shape index (κ1) is 21.1. The number of likely N-dealkylation sites (N-methyl/N-ethyl adjacent to an activating group) is 1. The van der Waals surface area contributed by atoms with E-state index in [1.165, 1.54) is 23.6 Å². The topological polar surface area (TPSA) is 110 Å². The summed E-state index contributed by atoms with van der Waals surface area (Å²) in [5.74, 6) is -0.308. The van der Waals surface area contributed by atoms with Crippen LogP contribution in [0.1, 0.15) is 26.5 Å². The van der Waals surface area contributed by atoms with Crippen molar-refractivity contribution in [2.75, 3.05) is 6.54 Å². The summed E-state index contributed by atoms with van der Waals surface area (Å²) in [6.45, 7) is 5.31. The van der Waals surface area contributed by atoms with Gasteiger partial charge < -0.3 is 10.4 Å². The molecule has 0 aliphatic carbocycles. The van der Waals surface area contributed by atoms with E-state index in [2.05, 4.69) is 20.4 Å². The Morgan fingerprint density at radius 3 is 2.76 bits per heavy atom. The number of hydrogen-bond acceptors (Lipinski definition) is 7. The maximum absolute atomic E-state index is 12.1. The van der Waals surface area contributed by atoms with Gasteiger partial charge in [-0.25, -0.2) is 9.67 Å². The second-order valence-electron chi connectivity index (χ2n) is 6.82. The van der Waals surface area contributed by atoms with E-state index in [0.717, 1.165) is 4.68 Å². The highest BCUT2D eigenvalue weighted by molar-refractivity contribution is 7.18. The number of nitrogens with one attached hydrogen (secondary N) is 1. The minimum absolute atomic E-state index is 0.192. The van der Waals surface area contributed by atoms with Gasteiger partial charge in [0.15, 0.2) is 0 Å². The molecular formula is C19H20ClN5O3S. The molecule has 0 atom stereocenters. The molecule has 0 saturated carbocycles. The average Bonchev–Trinajstić information content (AvgIpc) is 3.10. The molecule has 3 heterocycles. The molecule has 3 rings (SSSR count). The summed E-state index contributed by atoms with van der Waals surface area (Å²) in [7, 11) is 0. The molecular weight excluding hydrogens is 414 g/mol. The highest BCUT2D eigenvalue weighted by atomic mass is 35.5. The first-order valence-corrected chi connectivity index (χ1v) is 10.1. The lowest BCUT2D eigenvalue weighted by atomic mass is 10.0. The summed E-state index contributed by atoms with van der Waals surface area (Å²) in [6.07, 6.45) is 3.15. The van der Waals surface area contributed by atoms with Gasteiger partial charge in [0.25, 0.3) is 5.56 Å². The molecule has 3 aromatic rings. The van der Waals surface area contributed by atoms with Crippen molar-refractivity contribution in [1.82, 2.24) is 25.1 Å². The lowest BCUT2D eigenvalue weighted by Gasteiger charge is -2.16. The van der Waals surface area contributed by atoms with Crippen LogP contribution in [0.25, 0.3) is 21.1 Å². The minimum atomic E-state index is -1.25. The number of halogens is 1. The number of pyridine rings is 1. The third kappa shape index (κ3) is 4.87. The van der Waals surface area contributed by atoms with E-state index in [-0.39, 0.29) is 12.5 Å². The van der Waals surface area contributed by atoms with Crippen molar-refractivity contribution in [2.45, 2.75) is 32.9 Å². The van der Waals surface area contributed by atoms with E-state index in [1.54, 1.807) is 39.1 Å². The van der Waals surface area contributed by atoms with Crippen molar-refractivity contribution in [2.24, 2.45) is 0 Å². The molecule has 0 bridgehead atoms. The Bertz CT molecular complexity index is 1100. The summed E-state index contributed by atoms with van der Waals surface area (Å²) in [5, 5.41) is 18.7. The number of nitrogens with zero attached hydrogens (tertiary/aromatic N) is 4. The van der Waals surface area contributed by atoms with Crippen LogP contribution in [0.5, 0.6) is 0 Å². The van der Waals surface area contributed by atoms with Gasteiger partial charge in [-0.15, -0.1) is 11.3 Å². The molecule has 0 unspecified atom stereocenters. The molecule has 1 amide bonds. The molecule has 0 aromatic carbocycles. The summed E-state index contributed by atoms with van der Waals surface area (Å²) in [6, 6.07) is 4.63. The fourth-order valence-electron chi connectivity index (χ4n) is 2.63. The van der Waals surface area contributed by atoms with E-state index in [0.29, 0.717) is 38.4 Å². The molecule has 0 spiro atoms. The van der Waals surface area contributed by atoms with Crippen molar-refractivity contribution in [3.05, 3.63) is 51.7 Å². The molecule has 10 heteroatoms. The third-order valence-corrected chi connectivity index (χ3v) is 5.26. The van der Waals surface area contributed by atoms with Crippen LogP contribution < -0.4 is 10.9 Å². The van der Waals surface area contributed by atoms with Crippen LogP contribution in [0.15, 0.2) is 35.4 Å². The number of rotatable bonds is 6. The zero-order chi connectivity index (χ0) is 21.2. The van der Waals surface area contributed by atoms with Gasteiger partial charge in [0.05, 0.1) is 15.6 Å². The normalized spacial score (nSPS) is 11.5. The van der Waals surface area contributed by atoms with Crippen LogP contribution in [0.3, 0.4) is 0 Å². The predicted octanol–water partition coefficient (Wildman–Crippen LogP) is 2.45. The molecule has 0 radical (unpaired) electrons. The molecule has 2 N–H and O–H groups in total. The molecule has 0 aliphatic rings. The van der Waals surface area contributed by atoms with E-state index in [4.69, 9.17) is 11.6 Å². The maximum atomic E-state index is 12.1. The van der Waals surface area contributed by atoms with Crippen molar-refractivity contribution in [1.29, 1.82) is 0 Å². The van der Waals surface area contributed by atoms with Crippen molar-refractivity contribution < 1.29 is 9.90 Å². The lowest BCUT2D eigenvalue weighted by molar-refractivity contribution is -0.121. The summed E-state index contributed by atoms with van der Waals surface area (Å²) in [5.41, 5.74) is -0.0976. The van der Waals surface area contributed by atoms with Gasteiger partial charge in [0.1, 0.15) is 22.8 Å². The quantitative estimate of drug-likeness (QED) is 0.617. The van der Waals surface area contributed by atoms with Gasteiger partial charge in [-0.2, -0.15) is 5.10 Å². The predicted molar refractivity (Wildman–Crippen MR) is 112 cm³/mol. The van der Waals surface area contributed by atoms with Crippen LogP contribution in [0.4, 0.5) is 0 Å². The van der Waals surface area contributed by atoms with Gasteiger partial charge in [0.2, 0.25) is 5.91 Å². The van der Waals surface area contributed by atoms with Crippen LogP contribution in [0.2, 0.25) is 5.02 Å². The van der Waals surface area contributed by atoms with Crippen molar-refractivity contribution in [3.63, 3.8) is 0 Å². The highest BCUT2D eigenvalue weighted by Gasteiger charge is 2.27. The van der Waals surface area contributed by atoms with E-state index in [9.17, 15) is 14.7 Å². The minimum Gasteiger partial charge on any atom is -0.384 e. The molecule has 29 heavy (non-hydrogen) atoms. The van der Waals surface area contributed by atoms with Gasteiger partial charge >= 0.3 is 0 Å². The van der Waals surface area contributed by atoms with Gasteiger partial charge in [0, 0.05) is 30.6 Å². The number of amides is 1. The number of carbonyl (C=O) groups is 1. The summed E-state index contributed by atoms with van der Waals surface area (Å²) in [4.78, 5) is 33.3. The molecule has 0 saturated heterocycles. The second-order valence-corrected chi connectivity index (χ2v) is 8.25. The zero-order valence-electron chi connectivity index (χ0n) is 16.1. The number of aromatic nitrogens is 4. The van der Waals surface area contributed by atoms with E-state index < -0.39 is 11.2 Å². The van der Waals surface area contributed by atoms with Crippen molar-refractivity contribution in [3.8, 4) is 21.1 Å². The van der Waals surface area contributed by atoms with Crippen LogP contribution in [0, 0.1) is 0 Å². The highest BCUT2D eigenvalue weighted by Crippen LogP contribution is 2.39. The van der Waals surface area contributed by atoms with Crippen LogP contribution >= 0.6 is 22.9 Å². The molecule has 8 nitrogen and oxygen atoms in total. The van der Waals surface area contributed by atoms with Crippen LogP contribution in [-0.4, -0.2) is 37.3 Å². The first-order chi connectivity index (χ1) is 13.7. The molecule has 152 valence electrons. The Morgan fingerprint density at radius 2 is 2.10 bits per heavy atom. The zero-order valence-corrected chi connectivity index (χ0v) is 17.7. The Kier molecular flexibility index (Phi) is 6.11. The number of hydrogen-bond donors (Lipinski definition) is 2. The largest absolute Gasteiger partial charge is 0.384 e. The number of carbonyl (C=O) groups excluding carboxylic acids is 1. The Labute approximate surface area is 176 Å². The van der Waals surface area contributed by atoms with Crippen LogP contribution in [-0.2, 0) is 16.9 Å². The fraction of sp³-hybridized carbons (Fsp3) is 0.316. The van der Waals surface area contributed by atoms with E-state index in [1.807, 2.05) is 0 Å². The Balaban J connectivity index is 2.10. The SMILES string of the molecule is CCNC(=O)Cn1nc(-c2sc(-c3cncc(Cl)c3)nc2C(C)(C)O)ccc1=O. The molecule has 0 fully saturated rings. The number of aliphatic hydroxyl groups is 1. The lowest BCUT2D eigenvalue weighted by Crippen LogP contribution is -2.33. The monoisotopic (exact) mass is 433 g/mol. The van der Waals surface area contributed by atoms with Gasteiger partial charge in [-0.3, -0.25) is 14.6 Å². The third-order valence-electron chi connectivity index (χ3n) is 3.93. The van der Waals surface area contributed by atoms with Gasteiger partial charge in [-0.05, 0) is 32.9 Å². The standard InChI is InChI=1S/C19H20ClN5O3S/c1-4-22-14(26)10-25-15(27)6-5-13(24-25)16-17(19(2,3)28)23-18(29-16)11-7-12(20)9-21-8-11/h5-9,28H,4,10H2,1-3H3,(H,22,26). The number of thiazole rings is 1. The Morgan fingerprint density at radius 1 is 1.34 bits per heavy atom. The smallest absolute Gasteiger partial charge is 0.267 e. The molecule has 3 aromatic heterocycles. The first-order valence-electron chi connectivity index (χ1n) is 8.89. The fourth-order valence-corrected chi connectivity index (χ4v) is 3.97. The average molecular weight is 434 g/mol. The Hall–Kier alpha value is -2.62.